The van der Waals surface area contributed by atoms with Crippen LogP contribution in [-0.2, 0) is 6.54 Å². The third-order valence-electron chi connectivity index (χ3n) is 4.20. The average Bonchev–Trinajstić information content (AvgIpc) is 2.58. The molecular weight excluding hydrogens is 377 g/mol. The maximum absolute atomic E-state index is 13.2. The number of para-hydroxylation sites is 2. The zero-order valence-electron chi connectivity index (χ0n) is 13.0. The van der Waals surface area contributed by atoms with Crippen molar-refractivity contribution in [2.45, 2.75) is 6.54 Å². The van der Waals surface area contributed by atoms with Crippen LogP contribution in [0.4, 0.5) is 15.8 Å². The molecule has 0 aromatic heterocycles. The molecule has 1 aliphatic heterocycles. The predicted octanol–water partition coefficient (Wildman–Crippen LogP) is 3.82. The molecule has 5 nitrogen and oxygen atoms in total. The van der Waals surface area contributed by atoms with Gasteiger partial charge in [-0.2, -0.15) is 0 Å². The van der Waals surface area contributed by atoms with Crippen LogP contribution in [-0.4, -0.2) is 36.0 Å². The molecule has 0 radical (unpaired) electrons. The van der Waals surface area contributed by atoms with E-state index in [1.807, 2.05) is 11.0 Å². The Morgan fingerprint density at radius 2 is 1.83 bits per heavy atom. The Kier molecular flexibility index (Phi) is 5.11. The molecule has 3 rings (SSSR count). The van der Waals surface area contributed by atoms with Gasteiger partial charge in [-0.1, -0.05) is 34.1 Å². The molecule has 1 heterocycles. The summed E-state index contributed by atoms with van der Waals surface area (Å²) in [5, 5.41) is 11.2. The molecule has 1 aliphatic rings. The molecule has 0 atom stereocenters. The summed E-state index contributed by atoms with van der Waals surface area (Å²) in [4.78, 5) is 15.1. The summed E-state index contributed by atoms with van der Waals surface area (Å²) in [6, 6.07) is 11.6. The van der Waals surface area contributed by atoms with Crippen molar-refractivity contribution >= 4 is 27.3 Å². The van der Waals surface area contributed by atoms with Crippen LogP contribution < -0.4 is 4.90 Å². The highest BCUT2D eigenvalue weighted by atomic mass is 79.9. The van der Waals surface area contributed by atoms with Crippen molar-refractivity contribution in [2.24, 2.45) is 0 Å². The lowest BCUT2D eigenvalue weighted by Gasteiger charge is -2.35. The number of hydrogen-bond donors (Lipinski definition) is 0. The zero-order chi connectivity index (χ0) is 17.1. The monoisotopic (exact) mass is 393 g/mol. The lowest BCUT2D eigenvalue weighted by atomic mass is 10.1. The third kappa shape index (κ3) is 3.73. The van der Waals surface area contributed by atoms with Gasteiger partial charge in [0, 0.05) is 43.3 Å². The third-order valence-corrected chi connectivity index (χ3v) is 4.94. The van der Waals surface area contributed by atoms with Crippen LogP contribution in [0, 0.1) is 15.9 Å². The first-order chi connectivity index (χ1) is 11.5. The fourth-order valence-electron chi connectivity index (χ4n) is 2.92. The van der Waals surface area contributed by atoms with Crippen molar-refractivity contribution in [3.8, 4) is 0 Å². The van der Waals surface area contributed by atoms with Gasteiger partial charge in [0.2, 0.25) is 0 Å². The molecule has 0 saturated carbocycles. The second-order valence-corrected chi connectivity index (χ2v) is 6.60. The second kappa shape index (κ2) is 7.27. The molecule has 0 amide bonds. The minimum Gasteiger partial charge on any atom is -0.363 e. The van der Waals surface area contributed by atoms with E-state index >= 15 is 0 Å². The van der Waals surface area contributed by atoms with Gasteiger partial charge in [0.25, 0.3) is 5.69 Å². The topological polar surface area (TPSA) is 49.6 Å². The van der Waals surface area contributed by atoms with E-state index in [0.29, 0.717) is 5.69 Å². The van der Waals surface area contributed by atoms with Gasteiger partial charge in [-0.15, -0.1) is 0 Å². The van der Waals surface area contributed by atoms with Crippen LogP contribution in [0.15, 0.2) is 46.9 Å². The van der Waals surface area contributed by atoms with E-state index < -0.39 is 0 Å². The highest BCUT2D eigenvalue weighted by Gasteiger charge is 2.23. The lowest BCUT2D eigenvalue weighted by molar-refractivity contribution is -0.384. The van der Waals surface area contributed by atoms with Crippen LogP contribution in [0.2, 0.25) is 0 Å². The molecule has 1 fully saturated rings. The molecule has 0 N–H and O–H groups in total. The van der Waals surface area contributed by atoms with Crippen LogP contribution in [0.1, 0.15) is 5.56 Å². The Morgan fingerprint density at radius 1 is 1.12 bits per heavy atom. The zero-order valence-corrected chi connectivity index (χ0v) is 14.6. The normalized spacial score (nSPS) is 15.5. The minimum atomic E-state index is -0.336. The van der Waals surface area contributed by atoms with E-state index in [1.54, 1.807) is 18.2 Å². The molecular formula is C17H17BrFN3O2. The molecule has 2 aromatic rings. The van der Waals surface area contributed by atoms with Gasteiger partial charge in [0.1, 0.15) is 11.5 Å². The van der Waals surface area contributed by atoms with E-state index in [0.717, 1.165) is 42.8 Å². The summed E-state index contributed by atoms with van der Waals surface area (Å²) < 4.78 is 13.9. The van der Waals surface area contributed by atoms with Gasteiger partial charge < -0.3 is 4.90 Å². The molecule has 0 spiro atoms. The number of anilines is 1. The minimum absolute atomic E-state index is 0.146. The molecule has 2 aromatic carbocycles. The summed E-state index contributed by atoms with van der Waals surface area (Å²) in [6.45, 7) is 3.78. The van der Waals surface area contributed by atoms with Gasteiger partial charge in [-0.25, -0.2) is 4.39 Å². The SMILES string of the molecule is O=[N+]([O-])c1ccccc1N1CCN(Cc2ccc(F)cc2Br)CC1. The summed E-state index contributed by atoms with van der Waals surface area (Å²) in [6.07, 6.45) is 0. The standard InChI is InChI=1S/C17H17BrFN3O2/c18-15-11-14(19)6-5-13(15)12-20-7-9-21(10-8-20)16-3-1-2-4-17(16)22(23)24/h1-6,11H,7-10,12H2. The average molecular weight is 394 g/mol. The van der Waals surface area contributed by atoms with Gasteiger partial charge in [0.15, 0.2) is 0 Å². The van der Waals surface area contributed by atoms with E-state index in [9.17, 15) is 14.5 Å². The van der Waals surface area contributed by atoms with Gasteiger partial charge in [-0.05, 0) is 23.8 Å². The van der Waals surface area contributed by atoms with Crippen LogP contribution >= 0.6 is 15.9 Å². The number of nitrogens with zero attached hydrogens (tertiary/aromatic N) is 3. The molecule has 0 bridgehead atoms. The van der Waals surface area contributed by atoms with Crippen molar-refractivity contribution in [3.63, 3.8) is 0 Å². The molecule has 126 valence electrons. The Hall–Kier alpha value is -1.99. The van der Waals surface area contributed by atoms with Crippen molar-refractivity contribution in [2.75, 3.05) is 31.1 Å². The van der Waals surface area contributed by atoms with Crippen LogP contribution in [0.3, 0.4) is 0 Å². The molecule has 1 saturated heterocycles. The smallest absolute Gasteiger partial charge is 0.292 e. The Labute approximate surface area is 148 Å². The number of hydrogen-bond acceptors (Lipinski definition) is 4. The maximum atomic E-state index is 13.2. The molecule has 0 aliphatic carbocycles. The van der Waals surface area contributed by atoms with Crippen LogP contribution in [0.5, 0.6) is 0 Å². The van der Waals surface area contributed by atoms with Crippen molar-refractivity contribution < 1.29 is 9.31 Å². The highest BCUT2D eigenvalue weighted by Crippen LogP contribution is 2.28. The first kappa shape index (κ1) is 16.9. The van der Waals surface area contributed by atoms with Gasteiger partial charge in [0.05, 0.1) is 4.92 Å². The quantitative estimate of drug-likeness (QED) is 0.585. The van der Waals surface area contributed by atoms with Gasteiger partial charge >= 0.3 is 0 Å². The number of halogens is 2. The van der Waals surface area contributed by atoms with E-state index in [2.05, 4.69) is 20.8 Å². The Bertz CT molecular complexity index is 748. The fourth-order valence-corrected chi connectivity index (χ4v) is 3.40. The van der Waals surface area contributed by atoms with E-state index in [-0.39, 0.29) is 16.4 Å². The fraction of sp³-hybridized carbons (Fsp3) is 0.294. The van der Waals surface area contributed by atoms with Crippen molar-refractivity contribution in [1.82, 2.24) is 4.90 Å². The number of nitro groups is 1. The van der Waals surface area contributed by atoms with Crippen molar-refractivity contribution in [3.05, 3.63) is 68.4 Å². The molecule has 24 heavy (non-hydrogen) atoms. The van der Waals surface area contributed by atoms with E-state index in [4.69, 9.17) is 0 Å². The molecule has 0 unspecified atom stereocenters. The molecule has 7 heteroatoms. The predicted molar refractivity (Wildman–Crippen MR) is 94.7 cm³/mol. The number of nitro benzene ring substituents is 1. The second-order valence-electron chi connectivity index (χ2n) is 5.74. The summed E-state index contributed by atoms with van der Waals surface area (Å²) >= 11 is 3.40. The summed E-state index contributed by atoms with van der Waals surface area (Å²) in [5.41, 5.74) is 1.85. The summed E-state index contributed by atoms with van der Waals surface area (Å²) in [5.74, 6) is -0.258. The lowest BCUT2D eigenvalue weighted by Crippen LogP contribution is -2.46. The Morgan fingerprint density at radius 3 is 2.50 bits per heavy atom. The summed E-state index contributed by atoms with van der Waals surface area (Å²) in [7, 11) is 0. The number of benzene rings is 2. The highest BCUT2D eigenvalue weighted by molar-refractivity contribution is 9.10. The van der Waals surface area contributed by atoms with Crippen molar-refractivity contribution in [1.29, 1.82) is 0 Å². The largest absolute Gasteiger partial charge is 0.363 e. The first-order valence-corrected chi connectivity index (χ1v) is 8.48. The number of rotatable bonds is 4. The first-order valence-electron chi connectivity index (χ1n) is 7.69. The maximum Gasteiger partial charge on any atom is 0.292 e. The Balaban J connectivity index is 1.65. The number of piperazine rings is 1. The van der Waals surface area contributed by atoms with Gasteiger partial charge in [-0.3, -0.25) is 15.0 Å². The van der Waals surface area contributed by atoms with E-state index in [1.165, 1.54) is 18.2 Å². The van der Waals surface area contributed by atoms with Crippen LogP contribution in [0.25, 0.3) is 0 Å².